The summed E-state index contributed by atoms with van der Waals surface area (Å²) < 4.78 is 42.3. The maximum absolute atomic E-state index is 13.6. The number of amides is 3. The first kappa shape index (κ1) is 33.2. The van der Waals surface area contributed by atoms with E-state index in [1.165, 1.54) is 18.5 Å². The molecule has 3 amide bonds. The van der Waals surface area contributed by atoms with Crippen LogP contribution in [0.25, 0.3) is 32.6 Å². The number of carbonyl (C=O) groups is 2. The van der Waals surface area contributed by atoms with Gasteiger partial charge in [-0.15, -0.1) is 11.3 Å². The van der Waals surface area contributed by atoms with E-state index < -0.39 is 29.2 Å². The lowest BCUT2D eigenvalue weighted by Gasteiger charge is -2.16. The van der Waals surface area contributed by atoms with Crippen molar-refractivity contribution in [3.8, 4) is 21.7 Å². The first-order valence-corrected chi connectivity index (χ1v) is 15.4. The molecule has 0 aliphatic carbocycles. The molecule has 0 fully saturated rings. The third-order valence-electron chi connectivity index (χ3n) is 7.07. The number of rotatable bonds is 10. The van der Waals surface area contributed by atoms with Gasteiger partial charge in [-0.05, 0) is 56.4 Å². The molecule has 15 heteroatoms. The van der Waals surface area contributed by atoms with E-state index >= 15 is 0 Å². The molecule has 0 unspecified atom stereocenters. The van der Waals surface area contributed by atoms with E-state index in [0.29, 0.717) is 41.8 Å². The Hall–Kier alpha value is -5.15. The molecule has 3 N–H and O–H groups in total. The van der Waals surface area contributed by atoms with Crippen molar-refractivity contribution in [2.75, 3.05) is 39.0 Å². The summed E-state index contributed by atoms with van der Waals surface area (Å²) in [6, 6.07) is 9.51. The number of aromatic nitrogens is 4. The number of hydrogen-bond donors (Lipinski definition) is 3. The highest BCUT2D eigenvalue weighted by molar-refractivity contribution is 7.13. The molecule has 4 heterocycles. The van der Waals surface area contributed by atoms with Gasteiger partial charge in [-0.3, -0.25) is 19.9 Å². The van der Waals surface area contributed by atoms with Crippen LogP contribution in [-0.2, 0) is 12.7 Å². The average Bonchev–Trinajstić information content (AvgIpc) is 3.54. The van der Waals surface area contributed by atoms with E-state index in [4.69, 9.17) is 0 Å². The number of halogens is 3. The van der Waals surface area contributed by atoms with Gasteiger partial charge in [0.15, 0.2) is 5.69 Å². The van der Waals surface area contributed by atoms with Crippen LogP contribution in [0.15, 0.2) is 71.4 Å². The standard InChI is InChI=1S/C32H31F3N8O3S/c1-4-37-31(46)41-27-13-22(30-40-26(18-47-30)32(33,34)35)23(15-39-27)20-7-8-21-25(12-20)43(16-19-6-5-9-36-14-19)17-24(28(21)44)29(45)38-10-11-42(2)3/h5-9,12-15,17-18H,4,10-11,16H2,1-3H3,(H,38,45)(H2,37,39,41,46). The van der Waals surface area contributed by atoms with Crippen LogP contribution in [0.1, 0.15) is 28.5 Å². The predicted octanol–water partition coefficient (Wildman–Crippen LogP) is 5.08. The Morgan fingerprint density at radius 2 is 1.87 bits per heavy atom. The van der Waals surface area contributed by atoms with E-state index in [9.17, 15) is 27.6 Å². The smallest absolute Gasteiger partial charge is 0.351 e. The maximum atomic E-state index is 13.6. The second-order valence-corrected chi connectivity index (χ2v) is 11.6. The van der Waals surface area contributed by atoms with Crippen LogP contribution in [0.2, 0.25) is 0 Å². The highest BCUT2D eigenvalue weighted by Crippen LogP contribution is 2.39. The minimum absolute atomic E-state index is 0.0292. The van der Waals surface area contributed by atoms with E-state index in [-0.39, 0.29) is 28.3 Å². The van der Waals surface area contributed by atoms with Crippen molar-refractivity contribution in [3.05, 3.63) is 93.6 Å². The van der Waals surface area contributed by atoms with Crippen LogP contribution in [-0.4, -0.2) is 70.1 Å². The van der Waals surface area contributed by atoms with Crippen LogP contribution < -0.4 is 21.4 Å². The Kier molecular flexibility index (Phi) is 9.96. The van der Waals surface area contributed by atoms with Crippen molar-refractivity contribution in [2.24, 2.45) is 0 Å². The summed E-state index contributed by atoms with van der Waals surface area (Å²) >= 11 is 0.804. The first-order valence-electron chi connectivity index (χ1n) is 14.5. The van der Waals surface area contributed by atoms with Crippen LogP contribution in [0.3, 0.4) is 0 Å². The van der Waals surface area contributed by atoms with E-state index in [1.807, 2.05) is 25.1 Å². The molecule has 0 atom stereocenters. The van der Waals surface area contributed by atoms with Crippen molar-refractivity contribution in [3.63, 3.8) is 0 Å². The highest BCUT2D eigenvalue weighted by Gasteiger charge is 2.34. The Balaban J connectivity index is 1.65. The molecule has 0 aliphatic heterocycles. The third kappa shape index (κ3) is 7.81. The zero-order valence-electron chi connectivity index (χ0n) is 25.7. The predicted molar refractivity (Wildman–Crippen MR) is 174 cm³/mol. The average molecular weight is 665 g/mol. The first-order chi connectivity index (χ1) is 22.4. The minimum Gasteiger partial charge on any atom is -0.351 e. The molecular formula is C32H31F3N8O3S. The Morgan fingerprint density at radius 3 is 2.55 bits per heavy atom. The Labute approximate surface area is 271 Å². The monoisotopic (exact) mass is 664 g/mol. The summed E-state index contributed by atoms with van der Waals surface area (Å²) in [5.74, 6) is -0.397. The molecule has 0 saturated carbocycles. The van der Waals surface area contributed by atoms with Crippen LogP contribution >= 0.6 is 11.3 Å². The van der Waals surface area contributed by atoms with Crippen molar-refractivity contribution in [2.45, 2.75) is 19.6 Å². The van der Waals surface area contributed by atoms with Gasteiger partial charge < -0.3 is 20.1 Å². The number of benzene rings is 1. The quantitative estimate of drug-likeness (QED) is 0.190. The number of alkyl halides is 3. The number of hydrogen-bond acceptors (Lipinski definition) is 8. The molecule has 4 aromatic heterocycles. The summed E-state index contributed by atoms with van der Waals surface area (Å²) in [6.07, 6.45) is 1.60. The van der Waals surface area contributed by atoms with Gasteiger partial charge in [0.05, 0.1) is 5.52 Å². The summed E-state index contributed by atoms with van der Waals surface area (Å²) in [5.41, 5.74) is 0.991. The Morgan fingerprint density at radius 1 is 1.06 bits per heavy atom. The number of anilines is 1. The van der Waals surface area contributed by atoms with Gasteiger partial charge in [0.25, 0.3) is 5.91 Å². The summed E-state index contributed by atoms with van der Waals surface area (Å²) in [6.45, 7) is 3.30. The van der Waals surface area contributed by atoms with Gasteiger partial charge in [0.1, 0.15) is 16.4 Å². The molecule has 1 aromatic carbocycles. The van der Waals surface area contributed by atoms with E-state index in [1.54, 1.807) is 48.1 Å². The number of nitrogens with one attached hydrogen (secondary N) is 3. The normalized spacial score (nSPS) is 11.6. The third-order valence-corrected chi connectivity index (χ3v) is 7.94. The molecule has 0 bridgehead atoms. The molecule has 11 nitrogen and oxygen atoms in total. The SMILES string of the molecule is CCNC(=O)Nc1cc(-c2nc(C(F)(F)F)cs2)c(-c2ccc3c(=O)c(C(=O)NCCN(C)C)cn(Cc4cccnc4)c3c2)cn1. The van der Waals surface area contributed by atoms with Crippen molar-refractivity contribution < 1.29 is 22.8 Å². The number of fused-ring (bicyclic) bond motifs is 1. The molecule has 0 spiro atoms. The molecule has 0 radical (unpaired) electrons. The van der Waals surface area contributed by atoms with Crippen molar-refractivity contribution in [1.82, 2.24) is 35.1 Å². The highest BCUT2D eigenvalue weighted by atomic mass is 32.1. The molecular weight excluding hydrogens is 633 g/mol. The van der Waals surface area contributed by atoms with Gasteiger partial charge in [0, 0.05) is 72.9 Å². The lowest BCUT2D eigenvalue weighted by molar-refractivity contribution is -0.140. The number of thiazole rings is 1. The van der Waals surface area contributed by atoms with Crippen molar-refractivity contribution in [1.29, 1.82) is 0 Å². The van der Waals surface area contributed by atoms with Crippen molar-refractivity contribution >= 4 is 40.0 Å². The topological polar surface area (TPSA) is 134 Å². The van der Waals surface area contributed by atoms with Gasteiger partial charge >= 0.3 is 12.2 Å². The number of carbonyl (C=O) groups excluding carboxylic acids is 2. The molecule has 0 saturated heterocycles. The number of pyridine rings is 3. The summed E-state index contributed by atoms with van der Waals surface area (Å²) in [5, 5.41) is 9.22. The van der Waals surface area contributed by atoms with E-state index in [0.717, 1.165) is 22.3 Å². The zero-order valence-corrected chi connectivity index (χ0v) is 26.5. The fraction of sp³-hybridized carbons (Fsp3) is 0.250. The lowest BCUT2D eigenvalue weighted by Crippen LogP contribution is -2.34. The number of urea groups is 1. The second-order valence-electron chi connectivity index (χ2n) is 10.8. The molecule has 47 heavy (non-hydrogen) atoms. The molecule has 5 aromatic rings. The fourth-order valence-corrected chi connectivity index (χ4v) is 5.66. The zero-order chi connectivity index (χ0) is 33.7. The molecule has 244 valence electrons. The number of likely N-dealkylation sites (N-methyl/N-ethyl adjacent to an activating group) is 1. The summed E-state index contributed by atoms with van der Waals surface area (Å²) in [4.78, 5) is 53.2. The van der Waals surface area contributed by atoms with Gasteiger partial charge in [-0.1, -0.05) is 12.1 Å². The van der Waals surface area contributed by atoms with Gasteiger partial charge in [-0.2, -0.15) is 13.2 Å². The largest absolute Gasteiger partial charge is 0.434 e. The lowest BCUT2D eigenvalue weighted by atomic mass is 9.99. The van der Waals surface area contributed by atoms with Crippen LogP contribution in [0.5, 0.6) is 0 Å². The second kappa shape index (κ2) is 14.1. The summed E-state index contributed by atoms with van der Waals surface area (Å²) in [7, 11) is 3.75. The van der Waals surface area contributed by atoms with Gasteiger partial charge in [-0.25, -0.2) is 14.8 Å². The van der Waals surface area contributed by atoms with Crippen LogP contribution in [0.4, 0.5) is 23.8 Å². The maximum Gasteiger partial charge on any atom is 0.434 e. The van der Waals surface area contributed by atoms with Gasteiger partial charge in [0.2, 0.25) is 5.43 Å². The van der Waals surface area contributed by atoms with Crippen LogP contribution in [0, 0.1) is 0 Å². The minimum atomic E-state index is -4.65. The van der Waals surface area contributed by atoms with E-state index in [2.05, 4.69) is 30.9 Å². The number of nitrogens with zero attached hydrogens (tertiary/aromatic N) is 5. The fourth-order valence-electron chi connectivity index (χ4n) is 4.81. The Bertz CT molecular complexity index is 1980. The molecule has 5 rings (SSSR count). The molecule has 0 aliphatic rings.